The molecule has 0 aliphatic heterocycles. The van der Waals surface area contributed by atoms with E-state index in [0.717, 1.165) is 53.0 Å². The van der Waals surface area contributed by atoms with Crippen LogP contribution in [0.15, 0.2) is 60.7 Å². The molecule has 0 amide bonds. The van der Waals surface area contributed by atoms with Gasteiger partial charge in [-0.05, 0) is 48.2 Å². The Morgan fingerprint density at radius 2 is 1.00 bits per heavy atom. The molecule has 0 bridgehead atoms. The highest BCUT2D eigenvalue weighted by molar-refractivity contribution is 5.82. The van der Waals surface area contributed by atoms with Crippen LogP contribution in [0.5, 0.6) is 11.5 Å². The monoisotopic (exact) mass is 452 g/mol. The molecular formula is C30H32N2O2. The van der Waals surface area contributed by atoms with Gasteiger partial charge in [-0.25, -0.2) is 0 Å². The molecule has 0 atom stereocenters. The fourth-order valence-electron chi connectivity index (χ4n) is 3.83. The molecule has 0 N–H and O–H groups in total. The van der Waals surface area contributed by atoms with Crippen LogP contribution in [0.3, 0.4) is 0 Å². The minimum atomic E-state index is 0.385. The number of nitriles is 2. The Morgan fingerprint density at radius 1 is 0.559 bits per heavy atom. The first kappa shape index (κ1) is 24.9. The summed E-state index contributed by atoms with van der Waals surface area (Å²) >= 11 is 0. The van der Waals surface area contributed by atoms with Gasteiger partial charge in [-0.3, -0.25) is 0 Å². The standard InChI is InChI=1S/C30H32N2O2/c1-3-5-7-8-20-34-26-15-11-24(12-16-26)28-18-17-27(29(21-31)30(28)22-32)23-9-13-25(14-10-23)33-19-6-4-2/h9-18H,3-8,19-20H2,1-2H3. The topological polar surface area (TPSA) is 66.0 Å². The van der Waals surface area contributed by atoms with Crippen LogP contribution < -0.4 is 9.47 Å². The van der Waals surface area contributed by atoms with Crippen molar-refractivity contribution in [2.45, 2.75) is 52.4 Å². The lowest BCUT2D eigenvalue weighted by Crippen LogP contribution is -1.98. The quantitative estimate of drug-likeness (QED) is 0.262. The van der Waals surface area contributed by atoms with E-state index in [-0.39, 0.29) is 0 Å². The van der Waals surface area contributed by atoms with Crippen LogP contribution in [-0.4, -0.2) is 13.2 Å². The molecule has 0 unspecified atom stereocenters. The van der Waals surface area contributed by atoms with Crippen molar-refractivity contribution in [3.05, 3.63) is 71.8 Å². The molecule has 0 saturated heterocycles. The first-order valence-corrected chi connectivity index (χ1v) is 12.2. The van der Waals surface area contributed by atoms with Crippen molar-refractivity contribution < 1.29 is 9.47 Å². The van der Waals surface area contributed by atoms with Gasteiger partial charge in [-0.1, -0.05) is 75.9 Å². The molecule has 3 aromatic carbocycles. The maximum atomic E-state index is 9.92. The van der Waals surface area contributed by atoms with Gasteiger partial charge in [-0.2, -0.15) is 10.5 Å². The fraction of sp³-hybridized carbons (Fsp3) is 0.333. The summed E-state index contributed by atoms with van der Waals surface area (Å²) in [6, 6.07) is 23.8. The van der Waals surface area contributed by atoms with Gasteiger partial charge < -0.3 is 9.47 Å². The zero-order valence-corrected chi connectivity index (χ0v) is 20.1. The number of unbranched alkanes of at least 4 members (excludes halogenated alkanes) is 4. The number of nitrogens with zero attached hydrogens (tertiary/aromatic N) is 2. The van der Waals surface area contributed by atoms with Crippen molar-refractivity contribution >= 4 is 0 Å². The Morgan fingerprint density at radius 3 is 1.41 bits per heavy atom. The van der Waals surface area contributed by atoms with Crippen molar-refractivity contribution in [3.8, 4) is 45.9 Å². The van der Waals surface area contributed by atoms with Crippen LogP contribution in [0.25, 0.3) is 22.3 Å². The lowest BCUT2D eigenvalue weighted by atomic mass is 9.90. The lowest BCUT2D eigenvalue weighted by molar-refractivity contribution is 0.305. The van der Waals surface area contributed by atoms with Crippen molar-refractivity contribution in [2.75, 3.05) is 13.2 Å². The van der Waals surface area contributed by atoms with Gasteiger partial charge in [0.25, 0.3) is 0 Å². The predicted octanol–water partition coefficient (Wildman–Crippen LogP) is 7.90. The van der Waals surface area contributed by atoms with E-state index in [1.54, 1.807) is 0 Å². The third-order valence-electron chi connectivity index (χ3n) is 5.79. The molecule has 0 saturated carbocycles. The Bertz CT molecular complexity index is 1140. The predicted molar refractivity (Wildman–Crippen MR) is 137 cm³/mol. The highest BCUT2D eigenvalue weighted by atomic mass is 16.5. The number of hydrogen-bond donors (Lipinski definition) is 0. The van der Waals surface area contributed by atoms with Gasteiger partial charge in [-0.15, -0.1) is 0 Å². The maximum Gasteiger partial charge on any atom is 0.119 e. The zero-order valence-electron chi connectivity index (χ0n) is 20.1. The van der Waals surface area contributed by atoms with Gasteiger partial charge in [0, 0.05) is 11.1 Å². The van der Waals surface area contributed by atoms with Gasteiger partial charge in [0.1, 0.15) is 23.6 Å². The van der Waals surface area contributed by atoms with Crippen molar-refractivity contribution in [1.82, 2.24) is 0 Å². The molecule has 0 aliphatic rings. The molecule has 0 aliphatic carbocycles. The van der Waals surface area contributed by atoms with E-state index in [0.29, 0.717) is 24.3 Å². The zero-order chi connectivity index (χ0) is 24.2. The average Bonchev–Trinajstić information content (AvgIpc) is 2.88. The normalized spacial score (nSPS) is 10.4. The van der Waals surface area contributed by atoms with Crippen molar-refractivity contribution in [1.29, 1.82) is 10.5 Å². The van der Waals surface area contributed by atoms with Crippen LogP contribution in [0, 0.1) is 22.7 Å². The number of benzene rings is 3. The van der Waals surface area contributed by atoms with E-state index in [1.165, 1.54) is 19.3 Å². The third-order valence-corrected chi connectivity index (χ3v) is 5.79. The van der Waals surface area contributed by atoms with Crippen LogP contribution in [0.2, 0.25) is 0 Å². The average molecular weight is 453 g/mol. The lowest BCUT2D eigenvalue weighted by Gasteiger charge is -2.12. The largest absolute Gasteiger partial charge is 0.494 e. The van der Waals surface area contributed by atoms with Gasteiger partial charge in [0.15, 0.2) is 0 Å². The summed E-state index contributed by atoms with van der Waals surface area (Å²) in [6.07, 6.45) is 6.76. The van der Waals surface area contributed by atoms with Crippen molar-refractivity contribution in [2.24, 2.45) is 0 Å². The van der Waals surface area contributed by atoms with Gasteiger partial charge >= 0.3 is 0 Å². The second-order valence-corrected chi connectivity index (χ2v) is 8.29. The third kappa shape index (κ3) is 6.40. The summed E-state index contributed by atoms with van der Waals surface area (Å²) in [5, 5.41) is 19.8. The maximum absolute atomic E-state index is 9.92. The minimum absolute atomic E-state index is 0.385. The number of hydrogen-bond acceptors (Lipinski definition) is 4. The molecule has 0 radical (unpaired) electrons. The molecule has 0 aromatic heterocycles. The smallest absolute Gasteiger partial charge is 0.119 e. The van der Waals surface area contributed by atoms with Crippen LogP contribution in [0.4, 0.5) is 0 Å². The number of rotatable bonds is 12. The minimum Gasteiger partial charge on any atom is -0.494 e. The fourth-order valence-corrected chi connectivity index (χ4v) is 3.83. The van der Waals surface area contributed by atoms with Crippen LogP contribution >= 0.6 is 0 Å². The van der Waals surface area contributed by atoms with E-state index in [1.807, 2.05) is 60.7 Å². The molecule has 3 rings (SSSR count). The molecular weight excluding hydrogens is 420 g/mol. The molecule has 4 heteroatoms. The molecule has 4 nitrogen and oxygen atoms in total. The Kier molecular flexibility index (Phi) is 9.56. The summed E-state index contributed by atoms with van der Waals surface area (Å²) in [4.78, 5) is 0. The van der Waals surface area contributed by atoms with E-state index in [9.17, 15) is 10.5 Å². The van der Waals surface area contributed by atoms with E-state index in [4.69, 9.17) is 9.47 Å². The second kappa shape index (κ2) is 13.1. The first-order chi connectivity index (χ1) is 16.7. The Balaban J connectivity index is 1.81. The molecule has 3 aromatic rings. The van der Waals surface area contributed by atoms with E-state index < -0.39 is 0 Å². The van der Waals surface area contributed by atoms with Gasteiger partial charge in [0.05, 0.1) is 24.3 Å². The molecule has 0 fully saturated rings. The summed E-state index contributed by atoms with van der Waals surface area (Å²) < 4.78 is 11.6. The molecule has 174 valence electrons. The highest BCUT2D eigenvalue weighted by Gasteiger charge is 2.16. The molecule has 0 heterocycles. The molecule has 0 spiro atoms. The Hall–Kier alpha value is -3.76. The van der Waals surface area contributed by atoms with Crippen molar-refractivity contribution in [3.63, 3.8) is 0 Å². The summed E-state index contributed by atoms with van der Waals surface area (Å²) in [6.45, 7) is 5.72. The number of ether oxygens (including phenoxy) is 2. The summed E-state index contributed by atoms with van der Waals surface area (Å²) in [5.41, 5.74) is 4.03. The Labute approximate surface area is 203 Å². The summed E-state index contributed by atoms with van der Waals surface area (Å²) in [5.74, 6) is 1.62. The molecule has 34 heavy (non-hydrogen) atoms. The van der Waals surface area contributed by atoms with Crippen LogP contribution in [-0.2, 0) is 0 Å². The van der Waals surface area contributed by atoms with E-state index >= 15 is 0 Å². The summed E-state index contributed by atoms with van der Waals surface area (Å²) in [7, 11) is 0. The highest BCUT2D eigenvalue weighted by Crippen LogP contribution is 2.34. The van der Waals surface area contributed by atoms with Crippen LogP contribution in [0.1, 0.15) is 63.5 Å². The second-order valence-electron chi connectivity index (χ2n) is 8.29. The van der Waals surface area contributed by atoms with E-state index in [2.05, 4.69) is 26.0 Å². The SMILES string of the molecule is CCCCCCOc1ccc(-c2ccc(-c3ccc(OCCCC)cc3)c(C#N)c2C#N)cc1. The van der Waals surface area contributed by atoms with Gasteiger partial charge in [0.2, 0.25) is 0 Å². The first-order valence-electron chi connectivity index (χ1n) is 12.2.